The van der Waals surface area contributed by atoms with Crippen LogP contribution in [-0.4, -0.2) is 31.4 Å². The van der Waals surface area contributed by atoms with E-state index in [9.17, 15) is 9.59 Å². The summed E-state index contributed by atoms with van der Waals surface area (Å²) in [6, 6.07) is 0. The molecule has 0 heterocycles. The summed E-state index contributed by atoms with van der Waals surface area (Å²) in [5.74, 6) is 0.815. The van der Waals surface area contributed by atoms with Gasteiger partial charge < -0.3 is 16.4 Å². The minimum Gasteiger partial charge on any atom is -0.354 e. The fraction of sp³-hybridized carbons (Fsp3) is 0.857. The fourth-order valence-electron chi connectivity index (χ4n) is 2.34. The summed E-state index contributed by atoms with van der Waals surface area (Å²) in [4.78, 5) is 23.0. The molecule has 1 aliphatic rings. The lowest BCUT2D eigenvalue weighted by Gasteiger charge is -2.11. The highest BCUT2D eigenvalue weighted by Gasteiger charge is 2.16. The minimum atomic E-state index is -0.144. The van der Waals surface area contributed by atoms with Gasteiger partial charge in [-0.25, -0.2) is 0 Å². The molecule has 5 nitrogen and oxygen atoms in total. The number of nitrogens with one attached hydrogen (secondary N) is 2. The van der Waals surface area contributed by atoms with Crippen molar-refractivity contribution >= 4 is 11.8 Å². The molecule has 4 N–H and O–H groups in total. The third-order valence-electron chi connectivity index (χ3n) is 3.75. The van der Waals surface area contributed by atoms with Crippen LogP contribution < -0.4 is 16.4 Å². The number of nitrogens with two attached hydrogens (primary N) is 1. The Morgan fingerprint density at radius 2 is 1.89 bits per heavy atom. The first-order valence-electron chi connectivity index (χ1n) is 7.35. The molecule has 110 valence electrons. The zero-order valence-electron chi connectivity index (χ0n) is 11.9. The molecular weight excluding hydrogens is 242 g/mol. The highest BCUT2D eigenvalue weighted by Crippen LogP contribution is 2.28. The van der Waals surface area contributed by atoms with E-state index in [4.69, 9.17) is 5.73 Å². The molecule has 1 rings (SSSR count). The first-order valence-corrected chi connectivity index (χ1v) is 7.35. The smallest absolute Gasteiger partial charge is 0.239 e. The van der Waals surface area contributed by atoms with Crippen molar-refractivity contribution in [3.63, 3.8) is 0 Å². The lowest BCUT2D eigenvalue weighted by molar-refractivity contribution is -0.126. The van der Waals surface area contributed by atoms with E-state index in [0.717, 1.165) is 6.42 Å². The Morgan fingerprint density at radius 1 is 1.21 bits per heavy atom. The van der Waals surface area contributed by atoms with Crippen LogP contribution in [0.3, 0.4) is 0 Å². The second kappa shape index (κ2) is 8.91. The van der Waals surface area contributed by atoms with E-state index < -0.39 is 0 Å². The van der Waals surface area contributed by atoms with Crippen molar-refractivity contribution in [2.24, 2.45) is 17.6 Å². The molecule has 0 radical (unpaired) electrons. The molecule has 0 aliphatic heterocycles. The first-order chi connectivity index (χ1) is 9.11. The van der Waals surface area contributed by atoms with Gasteiger partial charge in [-0.2, -0.15) is 0 Å². The van der Waals surface area contributed by atoms with Crippen molar-refractivity contribution in [2.75, 3.05) is 19.6 Å². The number of carbonyl (C=O) groups excluding carboxylic acids is 2. The topological polar surface area (TPSA) is 84.2 Å². The van der Waals surface area contributed by atoms with Gasteiger partial charge in [0.05, 0.1) is 6.54 Å². The quantitative estimate of drug-likeness (QED) is 0.609. The summed E-state index contributed by atoms with van der Waals surface area (Å²) in [7, 11) is 0. The van der Waals surface area contributed by atoms with Gasteiger partial charge in [-0.3, -0.25) is 9.59 Å². The van der Waals surface area contributed by atoms with Crippen molar-refractivity contribution in [3.05, 3.63) is 0 Å². The second-order valence-corrected chi connectivity index (χ2v) is 5.61. The fourth-order valence-corrected chi connectivity index (χ4v) is 2.34. The molecular formula is C14H27N3O2. The Hall–Kier alpha value is -1.10. The maximum atomic E-state index is 11.6. The predicted octanol–water partition coefficient (Wildman–Crippen LogP) is 0.784. The van der Waals surface area contributed by atoms with Crippen LogP contribution in [0.5, 0.6) is 0 Å². The van der Waals surface area contributed by atoms with E-state index in [-0.39, 0.29) is 24.3 Å². The molecule has 1 saturated carbocycles. The van der Waals surface area contributed by atoms with Crippen molar-refractivity contribution in [3.8, 4) is 0 Å². The Balaban J connectivity index is 2.03. The van der Waals surface area contributed by atoms with Crippen LogP contribution in [0.1, 0.15) is 45.4 Å². The molecule has 1 atom stereocenters. The van der Waals surface area contributed by atoms with Gasteiger partial charge >= 0.3 is 0 Å². The minimum absolute atomic E-state index is 0.0195. The Bertz CT molecular complexity index is 288. The predicted molar refractivity (Wildman–Crippen MR) is 75.4 cm³/mol. The summed E-state index contributed by atoms with van der Waals surface area (Å²) in [6.07, 6.45) is 6.60. The maximum Gasteiger partial charge on any atom is 0.239 e. The Morgan fingerprint density at radius 3 is 2.53 bits per heavy atom. The Kier molecular flexibility index (Phi) is 7.48. The normalized spacial score (nSPS) is 17.2. The number of hydrogen-bond donors (Lipinski definition) is 3. The van der Waals surface area contributed by atoms with E-state index in [1.807, 2.05) is 6.92 Å². The molecule has 0 aromatic rings. The monoisotopic (exact) mass is 269 g/mol. The van der Waals surface area contributed by atoms with Gasteiger partial charge in [0.15, 0.2) is 0 Å². The number of rotatable bonds is 8. The zero-order chi connectivity index (χ0) is 14.1. The van der Waals surface area contributed by atoms with Gasteiger partial charge in [0.1, 0.15) is 0 Å². The molecule has 0 spiro atoms. The lowest BCUT2D eigenvalue weighted by Crippen LogP contribution is -2.39. The van der Waals surface area contributed by atoms with Gasteiger partial charge in [-0.1, -0.05) is 32.6 Å². The summed E-state index contributed by atoms with van der Waals surface area (Å²) in [5.41, 5.74) is 5.46. The summed E-state index contributed by atoms with van der Waals surface area (Å²) in [5, 5.41) is 5.42. The summed E-state index contributed by atoms with van der Waals surface area (Å²) >= 11 is 0. The molecule has 5 heteroatoms. The van der Waals surface area contributed by atoms with Crippen molar-refractivity contribution in [1.82, 2.24) is 10.6 Å². The van der Waals surface area contributed by atoms with E-state index in [0.29, 0.717) is 25.4 Å². The Labute approximate surface area is 115 Å². The number of amides is 2. The first kappa shape index (κ1) is 16.0. The molecule has 0 saturated heterocycles. The van der Waals surface area contributed by atoms with Crippen molar-refractivity contribution in [2.45, 2.75) is 45.4 Å². The van der Waals surface area contributed by atoms with Crippen LogP contribution in [0.15, 0.2) is 0 Å². The largest absolute Gasteiger partial charge is 0.354 e. The molecule has 2 amide bonds. The average molecular weight is 269 g/mol. The highest BCUT2D eigenvalue weighted by molar-refractivity contribution is 5.84. The van der Waals surface area contributed by atoms with Crippen LogP contribution in [0.2, 0.25) is 0 Å². The van der Waals surface area contributed by atoms with Crippen molar-refractivity contribution < 1.29 is 9.59 Å². The SMILES string of the molecule is CC(CN)CNC(=O)CNC(=O)CCC1CCCC1. The van der Waals surface area contributed by atoms with E-state index in [2.05, 4.69) is 10.6 Å². The lowest BCUT2D eigenvalue weighted by atomic mass is 10.0. The van der Waals surface area contributed by atoms with Crippen LogP contribution in [0, 0.1) is 11.8 Å². The van der Waals surface area contributed by atoms with E-state index in [1.54, 1.807) is 0 Å². The molecule has 1 aliphatic carbocycles. The summed E-state index contributed by atoms with van der Waals surface area (Å²) in [6.45, 7) is 3.16. The molecule has 0 aromatic heterocycles. The molecule has 19 heavy (non-hydrogen) atoms. The second-order valence-electron chi connectivity index (χ2n) is 5.61. The van der Waals surface area contributed by atoms with Gasteiger partial charge in [0, 0.05) is 13.0 Å². The third-order valence-corrected chi connectivity index (χ3v) is 3.75. The van der Waals surface area contributed by atoms with Crippen LogP contribution >= 0.6 is 0 Å². The van der Waals surface area contributed by atoms with Crippen LogP contribution in [0.25, 0.3) is 0 Å². The third kappa shape index (κ3) is 7.15. The summed E-state index contributed by atoms with van der Waals surface area (Å²) < 4.78 is 0. The van der Waals surface area contributed by atoms with Crippen LogP contribution in [0.4, 0.5) is 0 Å². The van der Waals surface area contributed by atoms with Crippen molar-refractivity contribution in [1.29, 1.82) is 0 Å². The van der Waals surface area contributed by atoms with Crippen LogP contribution in [-0.2, 0) is 9.59 Å². The van der Waals surface area contributed by atoms with E-state index in [1.165, 1.54) is 25.7 Å². The van der Waals surface area contributed by atoms with E-state index >= 15 is 0 Å². The number of carbonyl (C=O) groups is 2. The molecule has 1 fully saturated rings. The van der Waals surface area contributed by atoms with Gasteiger partial charge in [-0.05, 0) is 24.8 Å². The molecule has 1 unspecified atom stereocenters. The zero-order valence-corrected chi connectivity index (χ0v) is 11.9. The average Bonchev–Trinajstić information content (AvgIpc) is 2.93. The molecule has 0 bridgehead atoms. The standard InChI is InChI=1S/C14H27N3O2/c1-11(8-15)9-16-14(19)10-17-13(18)7-6-12-4-2-3-5-12/h11-12H,2-10,15H2,1H3,(H,16,19)(H,17,18). The van der Waals surface area contributed by atoms with Gasteiger partial charge in [0.25, 0.3) is 0 Å². The number of hydrogen-bond acceptors (Lipinski definition) is 3. The van der Waals surface area contributed by atoms with Gasteiger partial charge in [0.2, 0.25) is 11.8 Å². The van der Waals surface area contributed by atoms with Gasteiger partial charge in [-0.15, -0.1) is 0 Å². The maximum absolute atomic E-state index is 11.6. The molecule has 0 aromatic carbocycles. The highest BCUT2D eigenvalue weighted by atomic mass is 16.2.